The highest BCUT2D eigenvalue weighted by atomic mass is 16.3. The van der Waals surface area contributed by atoms with Gasteiger partial charge in [0.2, 0.25) is 0 Å². The van der Waals surface area contributed by atoms with Gasteiger partial charge >= 0.3 is 0 Å². The summed E-state index contributed by atoms with van der Waals surface area (Å²) in [7, 11) is 0. The van der Waals surface area contributed by atoms with E-state index in [0.29, 0.717) is 41.6 Å². The number of carbonyl (C=O) groups is 1. The minimum absolute atomic E-state index is 0.0559. The van der Waals surface area contributed by atoms with Gasteiger partial charge in [-0.25, -0.2) is 0 Å². The maximum atomic E-state index is 12.4. The molecule has 2 aromatic carbocycles. The van der Waals surface area contributed by atoms with Crippen LogP contribution >= 0.6 is 0 Å². The number of hydrogen-bond acceptors (Lipinski definition) is 4. The molecular weight excluding hydrogens is 482 g/mol. The fourth-order valence-corrected chi connectivity index (χ4v) is 9.08. The molecule has 2 aromatic rings. The van der Waals surface area contributed by atoms with Gasteiger partial charge < -0.3 is 10.2 Å². The van der Waals surface area contributed by atoms with Crippen molar-refractivity contribution < 1.29 is 15.0 Å². The second-order valence-electron chi connectivity index (χ2n) is 12.7. The Kier molecular flexibility index (Phi) is 6.86. The molecule has 0 heterocycles. The van der Waals surface area contributed by atoms with Crippen LogP contribution in [0.2, 0.25) is 0 Å². The number of nitrogens with zero attached hydrogens (tertiary/aromatic N) is 1. The normalized spacial score (nSPS) is 35.9. The fraction of sp³-hybridized carbons (Fsp3) is 0.486. The summed E-state index contributed by atoms with van der Waals surface area (Å²) in [4.78, 5) is 12.4. The lowest BCUT2D eigenvalue weighted by atomic mass is 9.42. The van der Waals surface area contributed by atoms with Crippen molar-refractivity contribution in [1.29, 1.82) is 5.26 Å². The molecule has 6 rings (SSSR count). The number of nitriles is 1. The van der Waals surface area contributed by atoms with E-state index in [1.807, 2.05) is 36.4 Å². The zero-order valence-electron chi connectivity index (χ0n) is 22.9. The molecule has 0 aromatic heterocycles. The molecule has 202 valence electrons. The first-order valence-electron chi connectivity index (χ1n) is 14.7. The van der Waals surface area contributed by atoms with Gasteiger partial charge in [0.25, 0.3) is 0 Å². The molecule has 3 fully saturated rings. The van der Waals surface area contributed by atoms with Crippen LogP contribution in [0.1, 0.15) is 75.3 Å². The quantitative estimate of drug-likeness (QED) is 0.437. The highest BCUT2D eigenvalue weighted by Gasteiger charge is 2.62. The Morgan fingerprint density at radius 1 is 1.00 bits per heavy atom. The summed E-state index contributed by atoms with van der Waals surface area (Å²) < 4.78 is 0. The number of benzene rings is 2. The van der Waals surface area contributed by atoms with E-state index in [1.165, 1.54) is 11.1 Å². The monoisotopic (exact) mass is 521 g/mol. The van der Waals surface area contributed by atoms with Crippen molar-refractivity contribution in [3.05, 3.63) is 83.5 Å². The van der Waals surface area contributed by atoms with Crippen molar-refractivity contribution in [2.24, 2.45) is 29.1 Å². The molecule has 4 aliphatic rings. The van der Waals surface area contributed by atoms with E-state index in [-0.39, 0.29) is 17.8 Å². The van der Waals surface area contributed by atoms with Crippen LogP contribution in [-0.4, -0.2) is 28.2 Å². The van der Waals surface area contributed by atoms with E-state index >= 15 is 0 Å². The molecule has 4 nitrogen and oxygen atoms in total. The number of allylic oxidation sites excluding steroid dienone is 2. The molecule has 0 amide bonds. The third-order valence-corrected chi connectivity index (χ3v) is 10.9. The molecular formula is C35H39NO3. The Labute approximate surface area is 232 Å². The topological polar surface area (TPSA) is 81.3 Å². The van der Waals surface area contributed by atoms with Gasteiger partial charge in [-0.15, -0.1) is 0 Å². The molecule has 1 unspecified atom stereocenters. The van der Waals surface area contributed by atoms with Crippen molar-refractivity contribution in [2.75, 3.05) is 6.61 Å². The first kappa shape index (κ1) is 26.2. The van der Waals surface area contributed by atoms with Crippen LogP contribution < -0.4 is 0 Å². The lowest BCUT2D eigenvalue weighted by Gasteiger charge is -2.64. The number of ketones is 1. The first-order chi connectivity index (χ1) is 18.9. The van der Waals surface area contributed by atoms with Crippen LogP contribution in [0.5, 0.6) is 0 Å². The summed E-state index contributed by atoms with van der Waals surface area (Å²) >= 11 is 0. The highest BCUT2D eigenvalue weighted by Crippen LogP contribution is 2.67. The molecule has 0 aliphatic heterocycles. The predicted molar refractivity (Wildman–Crippen MR) is 153 cm³/mol. The number of carbonyl (C=O) groups excluding carboxylic acids is 1. The largest absolute Gasteiger partial charge is 0.392 e. The van der Waals surface area contributed by atoms with Crippen molar-refractivity contribution in [2.45, 2.75) is 69.8 Å². The van der Waals surface area contributed by atoms with E-state index in [1.54, 1.807) is 6.08 Å². The molecule has 0 bridgehead atoms. The lowest BCUT2D eigenvalue weighted by Crippen LogP contribution is -2.60. The van der Waals surface area contributed by atoms with Crippen molar-refractivity contribution in [3.63, 3.8) is 0 Å². The number of fused-ring (bicyclic) bond motifs is 5. The Morgan fingerprint density at radius 2 is 1.72 bits per heavy atom. The van der Waals surface area contributed by atoms with E-state index in [2.05, 4.69) is 37.3 Å². The number of aliphatic hydroxyl groups is 2. The molecule has 0 spiro atoms. The summed E-state index contributed by atoms with van der Waals surface area (Å²) in [5, 5.41) is 30.9. The van der Waals surface area contributed by atoms with Crippen molar-refractivity contribution in [1.82, 2.24) is 0 Å². The van der Waals surface area contributed by atoms with Crippen LogP contribution in [0.25, 0.3) is 11.1 Å². The van der Waals surface area contributed by atoms with Gasteiger partial charge in [0.05, 0.1) is 23.8 Å². The standard InChI is InChI=1S/C35H39NO3/c1-34-21-31(26-11-9-25(10-12-26)24-7-5-23(22-36)6-8-24)33-29-16-14-28(38)20-27(29)13-15-30(33)32(34)4-2-17-35(34,39)18-3-19-37/h3,5-12,18,20,29-33,37,39H,2,4,13-17,19,21H2,1H3/b18-3+/t29-,30-,31+,32-,33+,34-,35?/m0/s1. The number of aliphatic hydroxyl groups excluding tert-OH is 1. The van der Waals surface area contributed by atoms with Gasteiger partial charge in [0.1, 0.15) is 0 Å². The number of hydrogen-bond donors (Lipinski definition) is 2. The van der Waals surface area contributed by atoms with Crippen LogP contribution in [0, 0.1) is 40.4 Å². The van der Waals surface area contributed by atoms with Crippen LogP contribution in [-0.2, 0) is 4.79 Å². The Hall–Kier alpha value is -3.00. The van der Waals surface area contributed by atoms with E-state index < -0.39 is 5.60 Å². The van der Waals surface area contributed by atoms with Crippen molar-refractivity contribution >= 4 is 5.78 Å². The van der Waals surface area contributed by atoms with Gasteiger partial charge in [0, 0.05) is 11.8 Å². The molecule has 4 aliphatic carbocycles. The smallest absolute Gasteiger partial charge is 0.155 e. The molecule has 2 N–H and O–H groups in total. The van der Waals surface area contributed by atoms with Gasteiger partial charge in [-0.3, -0.25) is 4.79 Å². The van der Waals surface area contributed by atoms with E-state index in [9.17, 15) is 15.0 Å². The summed E-state index contributed by atoms with van der Waals surface area (Å²) in [6, 6.07) is 18.9. The van der Waals surface area contributed by atoms with Gasteiger partial charge in [-0.2, -0.15) is 5.26 Å². The Balaban J connectivity index is 1.41. The molecule has 4 heteroatoms. The Morgan fingerprint density at radius 3 is 2.41 bits per heavy atom. The lowest BCUT2D eigenvalue weighted by molar-refractivity contribution is -0.166. The van der Waals surface area contributed by atoms with Crippen molar-refractivity contribution in [3.8, 4) is 17.2 Å². The van der Waals surface area contributed by atoms with Crippen LogP contribution in [0.4, 0.5) is 0 Å². The highest BCUT2D eigenvalue weighted by molar-refractivity contribution is 5.91. The fourth-order valence-electron chi connectivity index (χ4n) is 9.08. The third kappa shape index (κ3) is 4.41. The summed E-state index contributed by atoms with van der Waals surface area (Å²) in [5.41, 5.74) is 4.36. The zero-order valence-corrected chi connectivity index (χ0v) is 22.9. The minimum Gasteiger partial charge on any atom is -0.392 e. The summed E-state index contributed by atoms with van der Waals surface area (Å²) in [6.07, 6.45) is 13.1. The van der Waals surface area contributed by atoms with Crippen LogP contribution in [0.15, 0.2) is 72.3 Å². The minimum atomic E-state index is -0.928. The molecule has 0 saturated heterocycles. The average Bonchev–Trinajstić information content (AvgIpc) is 2.96. The van der Waals surface area contributed by atoms with E-state index in [4.69, 9.17) is 5.26 Å². The maximum absolute atomic E-state index is 12.4. The Bertz CT molecular complexity index is 1330. The SMILES string of the molecule is C[C@]12C[C@H](c3ccc(-c4ccc(C#N)cc4)cc3)[C@H]3[C@@H](CCC4=CC(=O)CC[C@@H]43)[C@@H]1CCCC2(O)/C=C/CO. The maximum Gasteiger partial charge on any atom is 0.155 e. The first-order valence-corrected chi connectivity index (χ1v) is 14.7. The zero-order chi connectivity index (χ0) is 27.2. The number of rotatable bonds is 4. The summed E-state index contributed by atoms with van der Waals surface area (Å²) in [6.45, 7) is 2.25. The second-order valence-corrected chi connectivity index (χ2v) is 12.7. The van der Waals surface area contributed by atoms with E-state index in [0.717, 1.165) is 56.1 Å². The second kappa shape index (κ2) is 10.2. The summed E-state index contributed by atoms with van der Waals surface area (Å²) in [5.74, 6) is 2.43. The van der Waals surface area contributed by atoms with Gasteiger partial charge in [0.15, 0.2) is 5.78 Å². The molecule has 0 radical (unpaired) electrons. The molecule has 3 saturated carbocycles. The van der Waals surface area contributed by atoms with Gasteiger partial charge in [-0.1, -0.05) is 61.0 Å². The predicted octanol–water partition coefficient (Wildman–Crippen LogP) is 6.73. The third-order valence-electron chi connectivity index (χ3n) is 10.9. The molecule has 7 atom stereocenters. The van der Waals surface area contributed by atoms with Crippen LogP contribution in [0.3, 0.4) is 0 Å². The van der Waals surface area contributed by atoms with Gasteiger partial charge in [-0.05, 0) is 109 Å². The average molecular weight is 522 g/mol. The molecule has 39 heavy (non-hydrogen) atoms.